The molecule has 1 aromatic carbocycles. The molecule has 2 aromatic rings. The zero-order valence-electron chi connectivity index (χ0n) is 12.0. The van der Waals surface area contributed by atoms with Crippen molar-refractivity contribution < 1.29 is 0 Å². The van der Waals surface area contributed by atoms with E-state index in [9.17, 15) is 0 Å². The van der Waals surface area contributed by atoms with Gasteiger partial charge < -0.3 is 10.6 Å². The van der Waals surface area contributed by atoms with Crippen molar-refractivity contribution in [2.75, 3.05) is 11.9 Å². The number of aromatic nitrogens is 1. The Kier molecular flexibility index (Phi) is 4.63. The van der Waals surface area contributed by atoms with Gasteiger partial charge in [0.15, 0.2) is 0 Å². The van der Waals surface area contributed by atoms with E-state index in [0.29, 0.717) is 0 Å². The zero-order chi connectivity index (χ0) is 14.7. The predicted octanol–water partition coefficient (Wildman–Crippen LogP) is 3.95. The maximum Gasteiger partial charge on any atom is 0.129 e. The molecule has 0 bridgehead atoms. The first-order valence-electron chi connectivity index (χ1n) is 6.69. The summed E-state index contributed by atoms with van der Waals surface area (Å²) in [6, 6.07) is 12.0. The third kappa shape index (κ3) is 3.11. The van der Waals surface area contributed by atoms with Gasteiger partial charge in [0.25, 0.3) is 0 Å². The summed E-state index contributed by atoms with van der Waals surface area (Å²) in [5.41, 5.74) is 8.09. The van der Waals surface area contributed by atoms with Gasteiger partial charge in [-0.05, 0) is 43.2 Å². The second-order valence-electron chi connectivity index (χ2n) is 5.04. The fourth-order valence-corrected chi connectivity index (χ4v) is 2.42. The second kappa shape index (κ2) is 6.25. The van der Waals surface area contributed by atoms with Crippen molar-refractivity contribution in [2.45, 2.75) is 25.9 Å². The average Bonchev–Trinajstić information content (AvgIpc) is 2.46. The molecule has 1 heterocycles. The van der Waals surface area contributed by atoms with Crippen molar-refractivity contribution in [1.29, 1.82) is 0 Å². The molecule has 0 amide bonds. The quantitative estimate of drug-likeness (QED) is 0.926. The van der Waals surface area contributed by atoms with Crippen LogP contribution in [0, 0.1) is 0 Å². The van der Waals surface area contributed by atoms with Crippen LogP contribution in [-0.2, 0) is 0 Å². The molecule has 2 atom stereocenters. The van der Waals surface area contributed by atoms with E-state index in [1.807, 2.05) is 50.4 Å². The molecule has 0 aliphatic carbocycles. The molecule has 3 nitrogen and oxygen atoms in total. The molecule has 20 heavy (non-hydrogen) atoms. The standard InChI is InChI=1S/C16H20ClN3/c1-11(18)13-8-9-19-16(10-13)20(3)12(2)14-6-4-5-7-15(14)17/h4-12H,18H2,1-3H3. The highest BCUT2D eigenvalue weighted by molar-refractivity contribution is 6.31. The molecule has 0 aliphatic heterocycles. The number of nitrogens with zero attached hydrogens (tertiary/aromatic N) is 2. The van der Waals surface area contributed by atoms with Crippen molar-refractivity contribution in [1.82, 2.24) is 4.98 Å². The third-order valence-corrected chi connectivity index (χ3v) is 3.94. The number of pyridine rings is 1. The molecule has 0 radical (unpaired) electrons. The number of rotatable bonds is 4. The highest BCUT2D eigenvalue weighted by atomic mass is 35.5. The predicted molar refractivity (Wildman–Crippen MR) is 85.1 cm³/mol. The van der Waals surface area contributed by atoms with Gasteiger partial charge in [-0.1, -0.05) is 29.8 Å². The average molecular weight is 290 g/mol. The van der Waals surface area contributed by atoms with Crippen LogP contribution in [0.3, 0.4) is 0 Å². The van der Waals surface area contributed by atoms with Crippen molar-refractivity contribution in [3.8, 4) is 0 Å². The van der Waals surface area contributed by atoms with Crippen LogP contribution in [0.2, 0.25) is 5.02 Å². The van der Waals surface area contributed by atoms with E-state index in [-0.39, 0.29) is 12.1 Å². The Morgan fingerprint density at radius 1 is 1.20 bits per heavy atom. The summed E-state index contributed by atoms with van der Waals surface area (Å²) in [5, 5.41) is 0.773. The Hall–Kier alpha value is -1.58. The van der Waals surface area contributed by atoms with Gasteiger partial charge in [-0.2, -0.15) is 0 Å². The normalized spacial score (nSPS) is 13.8. The summed E-state index contributed by atoms with van der Waals surface area (Å²) in [4.78, 5) is 6.53. The monoisotopic (exact) mass is 289 g/mol. The van der Waals surface area contributed by atoms with Crippen LogP contribution in [0.1, 0.15) is 37.1 Å². The lowest BCUT2D eigenvalue weighted by molar-refractivity contribution is 0.725. The minimum absolute atomic E-state index is 0.000712. The number of hydrogen-bond acceptors (Lipinski definition) is 3. The first kappa shape index (κ1) is 14.8. The van der Waals surface area contributed by atoms with Crippen LogP contribution in [0.25, 0.3) is 0 Å². The minimum Gasteiger partial charge on any atom is -0.353 e. The fourth-order valence-electron chi connectivity index (χ4n) is 2.13. The van der Waals surface area contributed by atoms with Crippen molar-refractivity contribution >= 4 is 17.4 Å². The van der Waals surface area contributed by atoms with Gasteiger partial charge in [0.1, 0.15) is 5.82 Å². The van der Waals surface area contributed by atoms with Gasteiger partial charge in [0.2, 0.25) is 0 Å². The van der Waals surface area contributed by atoms with E-state index in [1.165, 1.54) is 0 Å². The Morgan fingerprint density at radius 3 is 2.55 bits per heavy atom. The molecule has 106 valence electrons. The molecule has 4 heteroatoms. The van der Waals surface area contributed by atoms with Gasteiger partial charge in [0.05, 0.1) is 6.04 Å². The van der Waals surface area contributed by atoms with Gasteiger partial charge >= 0.3 is 0 Å². The minimum atomic E-state index is 0.000712. The Balaban J connectivity index is 2.29. The molecular weight excluding hydrogens is 270 g/mol. The number of halogens is 1. The molecule has 1 aromatic heterocycles. The smallest absolute Gasteiger partial charge is 0.129 e. The van der Waals surface area contributed by atoms with Gasteiger partial charge in [-0.25, -0.2) is 4.98 Å². The first-order chi connectivity index (χ1) is 9.50. The molecule has 0 saturated heterocycles. The van der Waals surface area contributed by atoms with Crippen LogP contribution >= 0.6 is 11.6 Å². The molecular formula is C16H20ClN3. The summed E-state index contributed by atoms with van der Waals surface area (Å²) < 4.78 is 0. The molecule has 2 unspecified atom stereocenters. The summed E-state index contributed by atoms with van der Waals surface area (Å²) in [5.74, 6) is 0.896. The number of anilines is 1. The molecule has 0 aliphatic rings. The fraction of sp³-hybridized carbons (Fsp3) is 0.312. The van der Waals surface area contributed by atoms with Gasteiger partial charge in [-0.3, -0.25) is 0 Å². The molecule has 2 N–H and O–H groups in total. The molecule has 2 rings (SSSR count). The Bertz CT molecular complexity index is 583. The van der Waals surface area contributed by atoms with E-state index >= 15 is 0 Å². The number of nitrogens with two attached hydrogens (primary N) is 1. The largest absolute Gasteiger partial charge is 0.353 e. The van der Waals surface area contributed by atoms with Crippen molar-refractivity contribution in [3.05, 3.63) is 58.7 Å². The summed E-state index contributed by atoms with van der Waals surface area (Å²) in [6.45, 7) is 4.08. The van der Waals surface area contributed by atoms with Crippen molar-refractivity contribution in [3.63, 3.8) is 0 Å². The number of benzene rings is 1. The highest BCUT2D eigenvalue weighted by Crippen LogP contribution is 2.29. The first-order valence-corrected chi connectivity index (χ1v) is 7.07. The lowest BCUT2D eigenvalue weighted by Crippen LogP contribution is -2.23. The Labute approximate surface area is 125 Å². The topological polar surface area (TPSA) is 42.1 Å². The summed E-state index contributed by atoms with van der Waals surface area (Å²) >= 11 is 6.27. The molecule has 0 spiro atoms. The van der Waals surface area contributed by atoms with E-state index < -0.39 is 0 Å². The van der Waals surface area contributed by atoms with Crippen LogP contribution in [0.15, 0.2) is 42.6 Å². The van der Waals surface area contributed by atoms with Gasteiger partial charge in [0, 0.05) is 24.3 Å². The maximum atomic E-state index is 6.27. The van der Waals surface area contributed by atoms with E-state index in [2.05, 4.69) is 16.8 Å². The van der Waals surface area contributed by atoms with Crippen LogP contribution in [0.4, 0.5) is 5.82 Å². The van der Waals surface area contributed by atoms with Gasteiger partial charge in [-0.15, -0.1) is 0 Å². The van der Waals surface area contributed by atoms with E-state index in [1.54, 1.807) is 6.20 Å². The summed E-state index contributed by atoms with van der Waals surface area (Å²) in [7, 11) is 2.02. The van der Waals surface area contributed by atoms with E-state index in [4.69, 9.17) is 17.3 Å². The lowest BCUT2D eigenvalue weighted by atomic mass is 10.1. The maximum absolute atomic E-state index is 6.27. The van der Waals surface area contributed by atoms with Crippen LogP contribution < -0.4 is 10.6 Å². The van der Waals surface area contributed by atoms with E-state index in [0.717, 1.165) is 22.0 Å². The molecule has 0 saturated carbocycles. The lowest BCUT2D eigenvalue weighted by Gasteiger charge is -2.27. The summed E-state index contributed by atoms with van der Waals surface area (Å²) in [6.07, 6.45) is 1.80. The highest BCUT2D eigenvalue weighted by Gasteiger charge is 2.16. The second-order valence-corrected chi connectivity index (χ2v) is 5.45. The van der Waals surface area contributed by atoms with Crippen LogP contribution in [-0.4, -0.2) is 12.0 Å². The van der Waals surface area contributed by atoms with Crippen molar-refractivity contribution in [2.24, 2.45) is 5.73 Å². The molecule has 0 fully saturated rings. The SMILES string of the molecule is CC(N)c1ccnc(N(C)C(C)c2ccccc2Cl)c1. The Morgan fingerprint density at radius 2 is 1.90 bits per heavy atom. The van der Waals surface area contributed by atoms with Crippen LogP contribution in [0.5, 0.6) is 0 Å². The third-order valence-electron chi connectivity index (χ3n) is 3.59. The number of hydrogen-bond donors (Lipinski definition) is 1. The zero-order valence-corrected chi connectivity index (χ0v) is 12.8.